The lowest BCUT2D eigenvalue weighted by atomic mass is 10.1. The molecule has 0 saturated carbocycles. The predicted molar refractivity (Wildman–Crippen MR) is 90.9 cm³/mol. The van der Waals surface area contributed by atoms with E-state index in [2.05, 4.69) is 9.97 Å². The molecule has 0 radical (unpaired) electrons. The summed E-state index contributed by atoms with van der Waals surface area (Å²) >= 11 is 0. The SMILES string of the molecule is COc1ccc2nc(Cc3ccc(C=CC(=O)NO)cc3)[nH]c2c1. The van der Waals surface area contributed by atoms with Crippen molar-refractivity contribution in [2.45, 2.75) is 6.42 Å². The van der Waals surface area contributed by atoms with Gasteiger partial charge in [0.25, 0.3) is 5.91 Å². The quantitative estimate of drug-likeness (QED) is 0.383. The second-order valence-corrected chi connectivity index (χ2v) is 5.29. The second kappa shape index (κ2) is 6.97. The molecule has 6 nitrogen and oxygen atoms in total. The normalized spacial score (nSPS) is 11.1. The molecule has 3 N–H and O–H groups in total. The molecule has 1 aromatic heterocycles. The zero-order chi connectivity index (χ0) is 16.9. The summed E-state index contributed by atoms with van der Waals surface area (Å²) in [4.78, 5) is 18.8. The van der Waals surface area contributed by atoms with Crippen LogP contribution in [-0.2, 0) is 11.2 Å². The summed E-state index contributed by atoms with van der Waals surface area (Å²) < 4.78 is 5.21. The number of nitrogens with one attached hydrogen (secondary N) is 2. The van der Waals surface area contributed by atoms with Gasteiger partial charge in [-0.2, -0.15) is 0 Å². The summed E-state index contributed by atoms with van der Waals surface area (Å²) in [5.74, 6) is 1.11. The number of hydroxylamine groups is 1. The maximum atomic E-state index is 11.0. The Balaban J connectivity index is 1.74. The van der Waals surface area contributed by atoms with E-state index in [0.717, 1.165) is 33.7 Å². The molecule has 24 heavy (non-hydrogen) atoms. The van der Waals surface area contributed by atoms with E-state index >= 15 is 0 Å². The van der Waals surface area contributed by atoms with Gasteiger partial charge in [0.1, 0.15) is 11.6 Å². The number of fused-ring (bicyclic) bond motifs is 1. The van der Waals surface area contributed by atoms with E-state index in [1.807, 2.05) is 42.5 Å². The highest BCUT2D eigenvalue weighted by atomic mass is 16.5. The smallest absolute Gasteiger partial charge is 0.267 e. The van der Waals surface area contributed by atoms with Crippen molar-refractivity contribution in [3.63, 3.8) is 0 Å². The van der Waals surface area contributed by atoms with Gasteiger partial charge < -0.3 is 9.72 Å². The standard InChI is InChI=1S/C18H17N3O3/c1-24-14-7-8-15-16(11-14)20-17(19-15)10-13-4-2-12(3-5-13)6-9-18(22)21-23/h2-9,11,23H,10H2,1H3,(H,19,20)(H,21,22). The van der Waals surface area contributed by atoms with Gasteiger partial charge in [0.2, 0.25) is 0 Å². The average Bonchev–Trinajstić information content (AvgIpc) is 3.02. The number of methoxy groups -OCH3 is 1. The average molecular weight is 323 g/mol. The molecule has 0 aliphatic carbocycles. The summed E-state index contributed by atoms with van der Waals surface area (Å²) in [6.07, 6.45) is 3.57. The lowest BCUT2D eigenvalue weighted by Gasteiger charge is -1.99. The number of aromatic nitrogens is 2. The third kappa shape index (κ3) is 3.61. The van der Waals surface area contributed by atoms with Crippen LogP contribution in [0.25, 0.3) is 17.1 Å². The number of carbonyl (C=O) groups is 1. The fraction of sp³-hybridized carbons (Fsp3) is 0.111. The lowest BCUT2D eigenvalue weighted by Crippen LogP contribution is -2.14. The number of nitrogens with zero attached hydrogens (tertiary/aromatic N) is 1. The highest BCUT2D eigenvalue weighted by Gasteiger charge is 2.05. The highest BCUT2D eigenvalue weighted by molar-refractivity contribution is 5.90. The fourth-order valence-electron chi connectivity index (χ4n) is 2.40. The van der Waals surface area contributed by atoms with Gasteiger partial charge in [-0.15, -0.1) is 0 Å². The third-order valence-electron chi connectivity index (χ3n) is 3.63. The summed E-state index contributed by atoms with van der Waals surface area (Å²) in [5, 5.41) is 8.44. The number of benzene rings is 2. The van der Waals surface area contributed by atoms with E-state index in [-0.39, 0.29) is 0 Å². The van der Waals surface area contributed by atoms with Crippen LogP contribution in [0.15, 0.2) is 48.5 Å². The van der Waals surface area contributed by atoms with Gasteiger partial charge in [0, 0.05) is 18.6 Å². The number of hydrogen-bond donors (Lipinski definition) is 3. The van der Waals surface area contributed by atoms with Crippen LogP contribution in [0.3, 0.4) is 0 Å². The molecule has 1 heterocycles. The van der Waals surface area contributed by atoms with Crippen LogP contribution >= 0.6 is 0 Å². The Bertz CT molecular complexity index is 882. The van der Waals surface area contributed by atoms with Crippen LogP contribution < -0.4 is 10.2 Å². The summed E-state index contributed by atoms with van der Waals surface area (Å²) in [6, 6.07) is 13.5. The number of hydrogen-bond acceptors (Lipinski definition) is 4. The molecule has 0 aliphatic heterocycles. The lowest BCUT2D eigenvalue weighted by molar-refractivity contribution is -0.124. The van der Waals surface area contributed by atoms with E-state index in [1.54, 1.807) is 18.7 Å². The van der Waals surface area contributed by atoms with Gasteiger partial charge in [-0.1, -0.05) is 24.3 Å². The van der Waals surface area contributed by atoms with Crippen LogP contribution in [0, 0.1) is 0 Å². The molecule has 3 rings (SSSR count). The molecule has 0 saturated heterocycles. The van der Waals surface area contributed by atoms with Crippen molar-refractivity contribution in [3.05, 3.63) is 65.5 Å². The second-order valence-electron chi connectivity index (χ2n) is 5.29. The van der Waals surface area contributed by atoms with Crippen LogP contribution in [0.1, 0.15) is 17.0 Å². The van der Waals surface area contributed by atoms with E-state index in [9.17, 15) is 4.79 Å². The summed E-state index contributed by atoms with van der Waals surface area (Å²) in [6.45, 7) is 0. The van der Waals surface area contributed by atoms with Crippen molar-refractivity contribution in [2.75, 3.05) is 7.11 Å². The number of amides is 1. The number of rotatable bonds is 5. The minimum absolute atomic E-state index is 0.559. The Hall–Kier alpha value is -3.12. The van der Waals surface area contributed by atoms with Gasteiger partial charge in [-0.25, -0.2) is 10.5 Å². The number of H-pyrrole nitrogens is 1. The molecule has 2 aromatic carbocycles. The molecule has 122 valence electrons. The van der Waals surface area contributed by atoms with Crippen molar-refractivity contribution in [2.24, 2.45) is 0 Å². The Morgan fingerprint density at radius 1 is 1.29 bits per heavy atom. The molecule has 0 fully saturated rings. The van der Waals surface area contributed by atoms with Gasteiger partial charge in [-0.3, -0.25) is 10.0 Å². The van der Waals surface area contributed by atoms with Crippen molar-refractivity contribution < 1.29 is 14.7 Å². The zero-order valence-electron chi connectivity index (χ0n) is 13.1. The third-order valence-corrected chi connectivity index (χ3v) is 3.63. The van der Waals surface area contributed by atoms with Gasteiger partial charge in [0.15, 0.2) is 0 Å². The van der Waals surface area contributed by atoms with E-state index in [1.165, 1.54) is 6.08 Å². The predicted octanol–water partition coefficient (Wildman–Crippen LogP) is 2.68. The van der Waals surface area contributed by atoms with Crippen molar-refractivity contribution in [3.8, 4) is 5.75 Å². The zero-order valence-corrected chi connectivity index (χ0v) is 13.1. The molecular weight excluding hydrogens is 306 g/mol. The first-order chi connectivity index (χ1) is 11.7. The fourth-order valence-corrected chi connectivity index (χ4v) is 2.40. The highest BCUT2D eigenvalue weighted by Crippen LogP contribution is 2.20. The van der Waals surface area contributed by atoms with Crippen molar-refractivity contribution in [1.82, 2.24) is 15.4 Å². The molecule has 0 bridgehead atoms. The molecular formula is C18H17N3O3. The summed E-state index contributed by atoms with van der Waals surface area (Å²) in [5.41, 5.74) is 5.37. The largest absolute Gasteiger partial charge is 0.497 e. The monoisotopic (exact) mass is 323 g/mol. The molecule has 0 atom stereocenters. The first kappa shape index (κ1) is 15.8. The first-order valence-electron chi connectivity index (χ1n) is 7.41. The molecule has 3 aromatic rings. The van der Waals surface area contributed by atoms with Crippen LogP contribution in [0.5, 0.6) is 5.75 Å². The summed E-state index contributed by atoms with van der Waals surface area (Å²) in [7, 11) is 1.64. The maximum Gasteiger partial charge on any atom is 0.267 e. The number of ether oxygens (including phenoxy) is 1. The van der Waals surface area contributed by atoms with Crippen LogP contribution in [0.2, 0.25) is 0 Å². The maximum absolute atomic E-state index is 11.0. The van der Waals surface area contributed by atoms with Gasteiger partial charge in [0.05, 0.1) is 18.1 Å². The molecule has 1 amide bonds. The topological polar surface area (TPSA) is 87.2 Å². The van der Waals surface area contributed by atoms with Crippen LogP contribution in [-0.4, -0.2) is 28.2 Å². The first-order valence-corrected chi connectivity index (χ1v) is 7.41. The Morgan fingerprint density at radius 2 is 2.08 bits per heavy atom. The Morgan fingerprint density at radius 3 is 2.79 bits per heavy atom. The van der Waals surface area contributed by atoms with Crippen molar-refractivity contribution in [1.29, 1.82) is 0 Å². The Kier molecular flexibility index (Phi) is 4.58. The molecule has 6 heteroatoms. The molecule has 0 spiro atoms. The minimum Gasteiger partial charge on any atom is -0.497 e. The number of carbonyl (C=O) groups excluding carboxylic acids is 1. The van der Waals surface area contributed by atoms with E-state index in [4.69, 9.17) is 9.94 Å². The van der Waals surface area contributed by atoms with E-state index < -0.39 is 5.91 Å². The number of aromatic amines is 1. The van der Waals surface area contributed by atoms with Gasteiger partial charge in [-0.05, 0) is 29.3 Å². The number of imidazole rings is 1. The molecule has 0 aliphatic rings. The Labute approximate surface area is 138 Å². The van der Waals surface area contributed by atoms with Crippen LogP contribution in [0.4, 0.5) is 0 Å². The van der Waals surface area contributed by atoms with Crippen molar-refractivity contribution >= 4 is 23.0 Å². The molecule has 0 unspecified atom stereocenters. The minimum atomic E-state index is -0.559. The van der Waals surface area contributed by atoms with E-state index in [0.29, 0.717) is 6.42 Å². The van der Waals surface area contributed by atoms with Gasteiger partial charge >= 0.3 is 0 Å².